The van der Waals surface area contributed by atoms with Gasteiger partial charge in [-0.1, -0.05) is 36.7 Å². The van der Waals surface area contributed by atoms with Crippen LogP contribution in [0, 0.1) is 15.5 Å². The maximum atomic E-state index is 11.2. The molecule has 4 rings (SSSR count). The molecule has 0 amide bonds. The molecule has 0 radical (unpaired) electrons. The summed E-state index contributed by atoms with van der Waals surface area (Å²) in [6.45, 7) is 6.49. The van der Waals surface area contributed by atoms with Gasteiger partial charge in [-0.15, -0.1) is 0 Å². The molecule has 1 aliphatic rings. The van der Waals surface area contributed by atoms with E-state index in [0.29, 0.717) is 11.5 Å². The summed E-state index contributed by atoms with van der Waals surface area (Å²) in [7, 11) is 3.27. The second kappa shape index (κ2) is 8.31. The highest BCUT2D eigenvalue weighted by Crippen LogP contribution is 2.59. The fourth-order valence-electron chi connectivity index (χ4n) is 4.71. The zero-order valence-electron chi connectivity index (χ0n) is 19.5. The van der Waals surface area contributed by atoms with Crippen molar-refractivity contribution in [1.82, 2.24) is 0 Å². The van der Waals surface area contributed by atoms with Gasteiger partial charge in [0.05, 0.1) is 24.6 Å². The number of hydrogen-bond donors (Lipinski definition) is 0. The van der Waals surface area contributed by atoms with E-state index in [2.05, 4.69) is 20.8 Å². The summed E-state index contributed by atoms with van der Waals surface area (Å²) in [5.74, 6) is 1.42. The molecule has 0 aromatic heterocycles. The Labute approximate surface area is 193 Å². The van der Waals surface area contributed by atoms with Gasteiger partial charge in [-0.05, 0) is 29.4 Å². The number of nitrogens with zero attached hydrogens (tertiary/aromatic N) is 3. The van der Waals surface area contributed by atoms with E-state index in [0.717, 1.165) is 16.8 Å². The van der Waals surface area contributed by atoms with Crippen LogP contribution in [-0.2, 0) is 5.54 Å². The summed E-state index contributed by atoms with van der Waals surface area (Å²) >= 11 is 0. The molecule has 0 aliphatic carbocycles. The first-order valence-corrected chi connectivity index (χ1v) is 10.8. The zero-order valence-corrected chi connectivity index (χ0v) is 19.5. The third kappa shape index (κ3) is 3.53. The van der Waals surface area contributed by atoms with Crippen LogP contribution in [0.1, 0.15) is 37.9 Å². The van der Waals surface area contributed by atoms with Crippen molar-refractivity contribution < 1.29 is 19.1 Å². The average molecular weight is 447 g/mol. The van der Waals surface area contributed by atoms with Crippen LogP contribution in [0.15, 0.2) is 77.9 Å². The van der Waals surface area contributed by atoms with Crippen LogP contribution in [-0.4, -0.2) is 23.8 Å². The number of azo groups is 2. The summed E-state index contributed by atoms with van der Waals surface area (Å²) in [6, 6.07) is 22.3. The third-order valence-electron chi connectivity index (χ3n) is 6.97. The Morgan fingerprint density at radius 1 is 0.939 bits per heavy atom. The van der Waals surface area contributed by atoms with Crippen molar-refractivity contribution in [2.45, 2.75) is 32.4 Å². The number of methoxy groups -OCH3 is 2. The molecule has 0 saturated heterocycles. The first kappa shape index (κ1) is 22.5. The molecule has 1 aliphatic heterocycles. The number of benzene rings is 3. The summed E-state index contributed by atoms with van der Waals surface area (Å²) in [5, 5.41) is 16.5. The van der Waals surface area contributed by atoms with Crippen LogP contribution in [0.25, 0.3) is 0 Å². The third-order valence-corrected chi connectivity index (χ3v) is 6.97. The van der Waals surface area contributed by atoms with Crippen molar-refractivity contribution in [1.29, 1.82) is 0 Å². The molecule has 170 valence electrons. The van der Waals surface area contributed by atoms with Crippen molar-refractivity contribution in [3.63, 3.8) is 0 Å². The van der Waals surface area contributed by atoms with Gasteiger partial charge < -0.3 is 9.47 Å². The van der Waals surface area contributed by atoms with Gasteiger partial charge >= 0.3 is 0 Å². The highest BCUT2D eigenvalue weighted by molar-refractivity contribution is 5.45. The number of non-ortho nitro benzene ring substituents is 1. The van der Waals surface area contributed by atoms with E-state index < -0.39 is 11.0 Å². The van der Waals surface area contributed by atoms with Crippen LogP contribution in [0.4, 0.5) is 11.4 Å². The normalized spacial score (nSPS) is 21.4. The van der Waals surface area contributed by atoms with E-state index in [9.17, 15) is 10.1 Å². The second-order valence-corrected chi connectivity index (χ2v) is 8.87. The maximum Gasteiger partial charge on any atom is 0.269 e. The van der Waals surface area contributed by atoms with Crippen molar-refractivity contribution in [2.24, 2.45) is 10.5 Å². The Kier molecular flexibility index (Phi) is 5.66. The number of rotatable bonds is 6. The van der Waals surface area contributed by atoms with Crippen molar-refractivity contribution in [2.75, 3.05) is 14.2 Å². The Hall–Kier alpha value is -3.74. The number of hydrogen-bond acceptors (Lipinski definition) is 5. The Balaban J connectivity index is 1.93. The molecule has 0 bridgehead atoms. The molecule has 2 unspecified atom stereocenters. The lowest BCUT2D eigenvalue weighted by Gasteiger charge is -2.35. The van der Waals surface area contributed by atoms with Gasteiger partial charge in [0.1, 0.15) is 11.5 Å². The topological polar surface area (TPSA) is 77.0 Å². The minimum atomic E-state index is -0.598. The summed E-state index contributed by atoms with van der Waals surface area (Å²) in [4.78, 5) is 10.9. The Bertz CT molecular complexity index is 1210. The molecule has 1 heterocycles. The quantitative estimate of drug-likeness (QED) is 0.249. The van der Waals surface area contributed by atoms with Crippen LogP contribution in [0.2, 0.25) is 0 Å². The molecule has 7 heteroatoms. The lowest BCUT2D eigenvalue weighted by molar-refractivity contribution is -0.598. The number of para-hydroxylation sites is 1. The van der Waals surface area contributed by atoms with Crippen molar-refractivity contribution in [3.8, 4) is 11.5 Å². The van der Waals surface area contributed by atoms with Gasteiger partial charge in [0.15, 0.2) is 6.04 Å². The van der Waals surface area contributed by atoms with Gasteiger partial charge in [-0.3, -0.25) is 10.1 Å². The minimum Gasteiger partial charge on any atom is -0.497 e. The highest BCUT2D eigenvalue weighted by atomic mass is 16.6. The smallest absolute Gasteiger partial charge is 0.269 e. The largest absolute Gasteiger partial charge is 0.497 e. The van der Waals surface area contributed by atoms with E-state index in [4.69, 9.17) is 14.6 Å². The van der Waals surface area contributed by atoms with Crippen LogP contribution in [0.3, 0.4) is 0 Å². The van der Waals surface area contributed by atoms with E-state index >= 15 is 0 Å². The van der Waals surface area contributed by atoms with Crippen LogP contribution in [0.5, 0.6) is 11.5 Å². The second-order valence-electron chi connectivity index (χ2n) is 8.87. The standard InChI is InChI=1S/C26H28N3O4/c1-25(2)24(22-16-15-21(32-4)17-23(22)33-5)27-28(19-9-7-6-8-10-19)26(25,3)18-11-13-20(14-12-18)29(30)31/h6-17,24H,1-5H3/q+1. The predicted octanol–water partition coefficient (Wildman–Crippen LogP) is 6.40. The van der Waals surface area contributed by atoms with Gasteiger partial charge in [0, 0.05) is 48.4 Å². The number of ether oxygens (including phenoxy) is 2. The SMILES string of the molecule is COc1ccc(C2N=[N+](c3ccccc3)C(C)(c3ccc([N+](=O)[O-])cc3)C2(C)C)c(OC)c1. The molecule has 0 N–H and O–H groups in total. The minimum absolute atomic E-state index is 0.0646. The molecule has 33 heavy (non-hydrogen) atoms. The predicted molar refractivity (Wildman–Crippen MR) is 125 cm³/mol. The molecule has 3 aromatic rings. The first-order valence-electron chi connectivity index (χ1n) is 10.8. The molecule has 7 nitrogen and oxygen atoms in total. The zero-order chi connectivity index (χ0) is 23.8. The molecule has 3 aromatic carbocycles. The molecular formula is C26H28N3O4+. The van der Waals surface area contributed by atoms with Gasteiger partial charge in [0.2, 0.25) is 11.2 Å². The van der Waals surface area contributed by atoms with E-state index in [1.807, 2.05) is 65.4 Å². The van der Waals surface area contributed by atoms with Crippen LogP contribution >= 0.6 is 0 Å². The van der Waals surface area contributed by atoms with Crippen LogP contribution < -0.4 is 9.47 Å². The summed E-state index contributed by atoms with van der Waals surface area (Å²) < 4.78 is 13.1. The van der Waals surface area contributed by atoms with E-state index in [1.165, 1.54) is 0 Å². The summed E-state index contributed by atoms with van der Waals surface area (Å²) in [6.07, 6.45) is 0. The Morgan fingerprint density at radius 2 is 1.61 bits per heavy atom. The molecule has 0 saturated carbocycles. The lowest BCUT2D eigenvalue weighted by atomic mass is 9.64. The molecule has 2 atom stereocenters. The highest BCUT2D eigenvalue weighted by Gasteiger charge is 2.64. The monoisotopic (exact) mass is 446 g/mol. The number of nitro groups is 1. The molecule has 0 fully saturated rings. The fraction of sp³-hybridized carbons (Fsp3) is 0.308. The van der Waals surface area contributed by atoms with Gasteiger partial charge in [-0.2, -0.15) is 0 Å². The fourth-order valence-corrected chi connectivity index (χ4v) is 4.71. The van der Waals surface area contributed by atoms with E-state index in [-0.39, 0.29) is 16.7 Å². The van der Waals surface area contributed by atoms with Crippen molar-refractivity contribution in [3.05, 3.63) is 94.0 Å². The van der Waals surface area contributed by atoms with Crippen molar-refractivity contribution >= 4 is 11.4 Å². The summed E-state index contributed by atoms with van der Waals surface area (Å²) in [5.41, 5.74) is 1.90. The van der Waals surface area contributed by atoms with Gasteiger partial charge in [0.25, 0.3) is 5.69 Å². The Morgan fingerprint density at radius 3 is 2.18 bits per heavy atom. The molecule has 0 spiro atoms. The molecular weight excluding hydrogens is 418 g/mol. The maximum absolute atomic E-state index is 11.2. The first-order chi connectivity index (χ1) is 15.7. The van der Waals surface area contributed by atoms with E-state index in [1.54, 1.807) is 26.4 Å². The number of nitro benzene ring substituents is 1. The lowest BCUT2D eigenvalue weighted by Crippen LogP contribution is -2.44. The average Bonchev–Trinajstić information content (AvgIpc) is 3.05. The van der Waals surface area contributed by atoms with Gasteiger partial charge in [-0.25, -0.2) is 0 Å².